The van der Waals surface area contributed by atoms with Crippen molar-refractivity contribution in [1.82, 2.24) is 4.90 Å². The fourth-order valence-corrected chi connectivity index (χ4v) is 1.48. The average molecular weight is 259 g/mol. The van der Waals surface area contributed by atoms with Crippen molar-refractivity contribution in [3.05, 3.63) is 0 Å². The zero-order chi connectivity index (χ0) is 14.5. The maximum absolute atomic E-state index is 12.0. The second-order valence-corrected chi connectivity index (χ2v) is 5.51. The fourth-order valence-electron chi connectivity index (χ4n) is 1.48. The van der Waals surface area contributed by atoms with Crippen LogP contribution in [0.25, 0.3) is 0 Å². The van der Waals surface area contributed by atoms with Crippen molar-refractivity contribution >= 4 is 11.9 Å². The van der Waals surface area contributed by atoms with Crippen LogP contribution in [0.5, 0.6) is 0 Å². The molecular formula is C13H25NO4. The summed E-state index contributed by atoms with van der Waals surface area (Å²) in [7, 11) is 1.63. The molecule has 0 radical (unpaired) electrons. The van der Waals surface area contributed by atoms with E-state index < -0.39 is 17.5 Å². The smallest absolute Gasteiger partial charge is 0.310 e. The molecule has 0 aliphatic carbocycles. The predicted octanol–water partition coefficient (Wildman–Crippen LogP) is 1.35. The van der Waals surface area contributed by atoms with Crippen LogP contribution in [-0.2, 0) is 9.59 Å². The van der Waals surface area contributed by atoms with Gasteiger partial charge in [-0.2, -0.15) is 0 Å². The van der Waals surface area contributed by atoms with Crippen LogP contribution in [0.2, 0.25) is 0 Å². The first-order valence-electron chi connectivity index (χ1n) is 6.26. The topological polar surface area (TPSA) is 77.8 Å². The molecule has 5 nitrogen and oxygen atoms in total. The zero-order valence-electron chi connectivity index (χ0n) is 11.9. The van der Waals surface area contributed by atoms with E-state index in [4.69, 9.17) is 5.11 Å². The van der Waals surface area contributed by atoms with Crippen LogP contribution >= 0.6 is 0 Å². The van der Waals surface area contributed by atoms with Crippen molar-refractivity contribution < 1.29 is 19.8 Å². The molecule has 0 spiro atoms. The lowest BCUT2D eigenvalue weighted by Crippen LogP contribution is -2.40. The molecule has 5 heteroatoms. The highest BCUT2D eigenvalue weighted by Gasteiger charge is 2.39. The third-order valence-electron chi connectivity index (χ3n) is 3.59. The Morgan fingerprint density at radius 2 is 1.78 bits per heavy atom. The van der Waals surface area contributed by atoms with Crippen molar-refractivity contribution in [3.8, 4) is 0 Å². The average Bonchev–Trinajstić information content (AvgIpc) is 2.24. The second kappa shape index (κ2) is 6.73. The van der Waals surface area contributed by atoms with Crippen LogP contribution in [0.15, 0.2) is 0 Å². The van der Waals surface area contributed by atoms with Crippen molar-refractivity contribution in [2.45, 2.75) is 46.6 Å². The molecule has 2 N–H and O–H groups in total. The summed E-state index contributed by atoms with van der Waals surface area (Å²) >= 11 is 0. The molecule has 0 saturated heterocycles. The highest BCUT2D eigenvalue weighted by atomic mass is 16.4. The Morgan fingerprint density at radius 1 is 1.28 bits per heavy atom. The minimum absolute atomic E-state index is 0.0176. The van der Waals surface area contributed by atoms with Crippen molar-refractivity contribution in [1.29, 1.82) is 0 Å². The number of nitrogens with zero attached hydrogens (tertiary/aromatic N) is 1. The minimum Gasteiger partial charge on any atom is -0.481 e. The van der Waals surface area contributed by atoms with Gasteiger partial charge in [-0.05, 0) is 26.2 Å². The molecule has 2 unspecified atom stereocenters. The maximum atomic E-state index is 12.0. The van der Waals surface area contributed by atoms with E-state index in [0.29, 0.717) is 13.0 Å². The molecule has 0 aromatic carbocycles. The lowest BCUT2D eigenvalue weighted by atomic mass is 9.76. The van der Waals surface area contributed by atoms with E-state index in [1.54, 1.807) is 34.7 Å². The molecule has 0 aromatic rings. The zero-order valence-corrected chi connectivity index (χ0v) is 11.9. The molecule has 0 aliphatic rings. The summed E-state index contributed by atoms with van der Waals surface area (Å²) in [5, 5.41) is 18.4. The number of rotatable bonds is 7. The fraction of sp³-hybridized carbons (Fsp3) is 0.846. The monoisotopic (exact) mass is 259 g/mol. The van der Waals surface area contributed by atoms with E-state index in [9.17, 15) is 14.7 Å². The van der Waals surface area contributed by atoms with Crippen molar-refractivity contribution in [3.63, 3.8) is 0 Å². The van der Waals surface area contributed by atoms with E-state index in [1.165, 1.54) is 4.90 Å². The lowest BCUT2D eigenvalue weighted by molar-refractivity contribution is -0.155. The summed E-state index contributed by atoms with van der Waals surface area (Å²) in [6.45, 7) is 7.30. The van der Waals surface area contributed by atoms with Gasteiger partial charge in [0.25, 0.3) is 0 Å². The number of hydrogen-bond acceptors (Lipinski definition) is 3. The number of carbonyl (C=O) groups excluding carboxylic acids is 1. The summed E-state index contributed by atoms with van der Waals surface area (Å²) in [6.07, 6.45) is 0.0144. The number of carboxylic acid groups (broad SMARTS) is 1. The Bertz CT molecular complexity index is 301. The standard InChI is InChI=1S/C13H25NO4/c1-9(2)13(4,12(17)18)8-11(16)14(5)7-6-10(3)15/h9-10,15H,6-8H2,1-5H3,(H,17,18). The number of aliphatic carboxylic acids is 1. The number of hydrogen-bond donors (Lipinski definition) is 2. The van der Waals surface area contributed by atoms with Crippen molar-refractivity contribution in [2.75, 3.05) is 13.6 Å². The van der Waals surface area contributed by atoms with E-state index in [2.05, 4.69) is 0 Å². The van der Waals surface area contributed by atoms with Gasteiger partial charge in [-0.25, -0.2) is 0 Å². The van der Waals surface area contributed by atoms with Gasteiger partial charge >= 0.3 is 5.97 Å². The summed E-state index contributed by atoms with van der Waals surface area (Å²) in [5.74, 6) is -1.27. The SMILES string of the molecule is CC(O)CCN(C)C(=O)CC(C)(C(=O)O)C(C)C. The largest absolute Gasteiger partial charge is 0.481 e. The van der Waals surface area contributed by atoms with Crippen LogP contribution in [0.3, 0.4) is 0 Å². The molecule has 18 heavy (non-hydrogen) atoms. The molecule has 0 saturated carbocycles. The van der Waals surface area contributed by atoms with Gasteiger partial charge < -0.3 is 15.1 Å². The second-order valence-electron chi connectivity index (χ2n) is 5.51. The van der Waals surface area contributed by atoms with Crippen LogP contribution in [-0.4, -0.2) is 46.7 Å². The number of aliphatic hydroxyl groups is 1. The molecule has 0 aromatic heterocycles. The van der Waals surface area contributed by atoms with Gasteiger partial charge in [0.05, 0.1) is 11.5 Å². The Kier molecular flexibility index (Phi) is 6.32. The van der Waals surface area contributed by atoms with Gasteiger partial charge in [0.15, 0.2) is 0 Å². The highest BCUT2D eigenvalue weighted by Crippen LogP contribution is 2.31. The van der Waals surface area contributed by atoms with Gasteiger partial charge in [-0.1, -0.05) is 13.8 Å². The Morgan fingerprint density at radius 3 is 2.11 bits per heavy atom. The quantitative estimate of drug-likeness (QED) is 0.723. The minimum atomic E-state index is -1.05. The molecule has 0 fully saturated rings. The van der Waals surface area contributed by atoms with E-state index in [-0.39, 0.29) is 18.2 Å². The van der Waals surface area contributed by atoms with E-state index in [0.717, 1.165) is 0 Å². The van der Waals surface area contributed by atoms with Crippen LogP contribution in [0.4, 0.5) is 0 Å². The maximum Gasteiger partial charge on any atom is 0.310 e. The number of carbonyl (C=O) groups is 2. The summed E-state index contributed by atoms with van der Waals surface area (Å²) in [6, 6.07) is 0. The molecule has 0 heterocycles. The number of amides is 1. The molecule has 2 atom stereocenters. The van der Waals surface area contributed by atoms with Gasteiger partial charge in [-0.3, -0.25) is 9.59 Å². The predicted molar refractivity (Wildman–Crippen MR) is 69.1 cm³/mol. The van der Waals surface area contributed by atoms with Crippen LogP contribution < -0.4 is 0 Å². The molecular weight excluding hydrogens is 234 g/mol. The normalized spacial score (nSPS) is 16.2. The first kappa shape index (κ1) is 16.9. The summed E-state index contributed by atoms with van der Waals surface area (Å²) in [5.41, 5.74) is -1.05. The van der Waals surface area contributed by atoms with Gasteiger partial charge in [-0.15, -0.1) is 0 Å². The van der Waals surface area contributed by atoms with Crippen LogP contribution in [0.1, 0.15) is 40.5 Å². The Hall–Kier alpha value is -1.10. The Balaban J connectivity index is 4.57. The third kappa shape index (κ3) is 4.64. The first-order chi connectivity index (χ1) is 8.11. The lowest BCUT2D eigenvalue weighted by Gasteiger charge is -2.30. The molecule has 106 valence electrons. The van der Waals surface area contributed by atoms with Gasteiger partial charge in [0.1, 0.15) is 0 Å². The van der Waals surface area contributed by atoms with E-state index >= 15 is 0 Å². The summed E-state index contributed by atoms with van der Waals surface area (Å²) < 4.78 is 0. The third-order valence-corrected chi connectivity index (χ3v) is 3.59. The van der Waals surface area contributed by atoms with Crippen molar-refractivity contribution in [2.24, 2.45) is 11.3 Å². The van der Waals surface area contributed by atoms with Gasteiger partial charge in [0, 0.05) is 20.0 Å². The Labute approximate surface area is 109 Å². The van der Waals surface area contributed by atoms with E-state index in [1.807, 2.05) is 0 Å². The molecule has 0 rings (SSSR count). The van der Waals surface area contributed by atoms with Gasteiger partial charge in [0.2, 0.25) is 5.91 Å². The van der Waals surface area contributed by atoms with Crippen LogP contribution in [0, 0.1) is 11.3 Å². The summed E-state index contributed by atoms with van der Waals surface area (Å²) in [4.78, 5) is 24.7. The number of aliphatic hydroxyl groups excluding tert-OH is 1. The highest BCUT2D eigenvalue weighted by molar-refractivity contribution is 5.84. The molecule has 1 amide bonds. The number of carboxylic acids is 1. The first-order valence-corrected chi connectivity index (χ1v) is 6.26. The molecule has 0 bridgehead atoms. The molecule has 0 aliphatic heterocycles.